The summed E-state index contributed by atoms with van der Waals surface area (Å²) < 4.78 is 18.5. The lowest BCUT2D eigenvalue weighted by atomic mass is 10.2. The molecule has 28 heavy (non-hydrogen) atoms. The van der Waals surface area contributed by atoms with Gasteiger partial charge in [0, 0.05) is 12.1 Å². The van der Waals surface area contributed by atoms with Crippen molar-refractivity contribution < 1.29 is 18.7 Å². The minimum Gasteiger partial charge on any atom is -0.483 e. The van der Waals surface area contributed by atoms with E-state index in [1.54, 1.807) is 47.4 Å². The normalized spacial score (nSPS) is 16.8. The van der Waals surface area contributed by atoms with Crippen LogP contribution in [0.15, 0.2) is 58.4 Å². The summed E-state index contributed by atoms with van der Waals surface area (Å²) in [6, 6.07) is 12.8. The Morgan fingerprint density at radius 1 is 1.25 bits per heavy atom. The molecule has 0 atom stereocenters. The average Bonchev–Trinajstić information content (AvgIpc) is 2.97. The molecule has 8 heteroatoms. The van der Waals surface area contributed by atoms with Crippen molar-refractivity contribution in [3.8, 4) is 5.75 Å². The number of ether oxygens (including phenoxy) is 1. The molecule has 2 aromatic carbocycles. The van der Waals surface area contributed by atoms with E-state index in [-0.39, 0.29) is 18.3 Å². The van der Waals surface area contributed by atoms with E-state index in [9.17, 15) is 14.0 Å². The van der Waals surface area contributed by atoms with Gasteiger partial charge in [0.1, 0.15) is 11.6 Å². The molecule has 1 aliphatic heterocycles. The molecule has 2 aromatic rings. The molecule has 0 radical (unpaired) electrons. The largest absolute Gasteiger partial charge is 0.483 e. The number of nitrogens with two attached hydrogens (primary N) is 1. The van der Waals surface area contributed by atoms with Gasteiger partial charge in [0.2, 0.25) is 0 Å². The van der Waals surface area contributed by atoms with Crippen LogP contribution in [0.4, 0.5) is 10.1 Å². The van der Waals surface area contributed by atoms with Crippen molar-refractivity contribution in [1.29, 1.82) is 0 Å². The number of aliphatic imine (C=N–C) groups is 1. The number of halogens is 1. The molecule has 1 fully saturated rings. The van der Waals surface area contributed by atoms with Gasteiger partial charge in [0.05, 0.1) is 10.6 Å². The summed E-state index contributed by atoms with van der Waals surface area (Å²) in [5.74, 6) is -0.661. The fraction of sp³-hybridized carbons (Fsp3) is 0.150. The monoisotopic (exact) mass is 399 g/mol. The molecule has 0 saturated carbocycles. The van der Waals surface area contributed by atoms with E-state index in [1.165, 1.54) is 23.9 Å². The van der Waals surface area contributed by atoms with Crippen molar-refractivity contribution in [2.45, 2.75) is 6.92 Å². The molecule has 3 rings (SSSR count). The van der Waals surface area contributed by atoms with Gasteiger partial charge in [-0.05, 0) is 55.1 Å². The summed E-state index contributed by atoms with van der Waals surface area (Å²) in [6.07, 6.45) is 1.69. The first-order valence-corrected chi connectivity index (χ1v) is 9.35. The zero-order chi connectivity index (χ0) is 20.1. The number of nitrogens with zero attached hydrogens (tertiary/aromatic N) is 2. The van der Waals surface area contributed by atoms with Gasteiger partial charge < -0.3 is 10.5 Å². The number of hydrogen-bond donors (Lipinski definition) is 1. The molecular weight excluding hydrogens is 381 g/mol. The van der Waals surface area contributed by atoms with Crippen molar-refractivity contribution in [3.05, 3.63) is 64.8 Å². The molecule has 6 nitrogen and oxygen atoms in total. The Labute approximate surface area is 165 Å². The zero-order valence-electron chi connectivity index (χ0n) is 15.1. The maximum absolute atomic E-state index is 13.1. The highest BCUT2D eigenvalue weighted by Gasteiger charge is 2.32. The number of para-hydroxylation sites is 1. The summed E-state index contributed by atoms with van der Waals surface area (Å²) in [7, 11) is 0. The van der Waals surface area contributed by atoms with Gasteiger partial charge >= 0.3 is 0 Å². The highest BCUT2D eigenvalue weighted by atomic mass is 32.2. The summed E-state index contributed by atoms with van der Waals surface area (Å²) in [6.45, 7) is 2.05. The SMILES string of the molecule is CCN1C(=O)/C(=C\c2ccccc2OCC(N)=O)SC1=Nc1ccc(F)cc1. The third kappa shape index (κ3) is 4.58. The van der Waals surface area contributed by atoms with E-state index in [2.05, 4.69) is 4.99 Å². The van der Waals surface area contributed by atoms with Crippen LogP contribution in [0.5, 0.6) is 5.75 Å². The summed E-state index contributed by atoms with van der Waals surface area (Å²) in [5, 5.41) is 0.515. The first-order valence-electron chi connectivity index (χ1n) is 8.53. The highest BCUT2D eigenvalue weighted by molar-refractivity contribution is 8.18. The van der Waals surface area contributed by atoms with E-state index in [4.69, 9.17) is 10.5 Å². The number of benzene rings is 2. The molecule has 1 heterocycles. The number of amidine groups is 1. The number of carbonyl (C=O) groups is 2. The first-order chi connectivity index (χ1) is 13.5. The van der Waals surface area contributed by atoms with Crippen LogP contribution in [-0.4, -0.2) is 35.0 Å². The molecule has 1 saturated heterocycles. The molecule has 1 aliphatic rings. The van der Waals surface area contributed by atoms with E-state index in [0.717, 1.165) is 0 Å². The summed E-state index contributed by atoms with van der Waals surface area (Å²) in [4.78, 5) is 30.2. The molecule has 0 spiro atoms. The van der Waals surface area contributed by atoms with E-state index >= 15 is 0 Å². The van der Waals surface area contributed by atoms with Crippen LogP contribution in [0.1, 0.15) is 12.5 Å². The van der Waals surface area contributed by atoms with Crippen molar-refractivity contribution in [3.63, 3.8) is 0 Å². The number of carbonyl (C=O) groups excluding carboxylic acids is 2. The Balaban J connectivity index is 1.90. The molecule has 0 aliphatic carbocycles. The minimum atomic E-state index is -0.584. The maximum Gasteiger partial charge on any atom is 0.266 e. The quantitative estimate of drug-likeness (QED) is 0.755. The second-order valence-electron chi connectivity index (χ2n) is 5.82. The van der Waals surface area contributed by atoms with Crippen LogP contribution in [0.2, 0.25) is 0 Å². The van der Waals surface area contributed by atoms with Crippen LogP contribution in [0.25, 0.3) is 6.08 Å². The van der Waals surface area contributed by atoms with Gasteiger partial charge in [0.25, 0.3) is 11.8 Å². The Kier molecular flexibility index (Phi) is 6.10. The Bertz CT molecular complexity index is 957. The Morgan fingerprint density at radius 3 is 2.64 bits per heavy atom. The predicted octanol–water partition coefficient (Wildman–Crippen LogP) is 3.31. The molecule has 2 N–H and O–H groups in total. The number of thioether (sulfide) groups is 1. The van der Waals surface area contributed by atoms with Crippen molar-refractivity contribution in [2.24, 2.45) is 10.7 Å². The molecule has 0 aromatic heterocycles. The number of likely N-dealkylation sites (N-methyl/N-ethyl adjacent to an activating group) is 1. The molecule has 2 amide bonds. The summed E-state index contributed by atoms with van der Waals surface area (Å²) in [5.41, 5.74) is 6.34. The van der Waals surface area contributed by atoms with Gasteiger partial charge in [-0.25, -0.2) is 9.38 Å². The van der Waals surface area contributed by atoms with Crippen LogP contribution >= 0.6 is 11.8 Å². The van der Waals surface area contributed by atoms with E-state index < -0.39 is 5.91 Å². The lowest BCUT2D eigenvalue weighted by Gasteiger charge is -2.12. The van der Waals surface area contributed by atoms with Gasteiger partial charge in [-0.2, -0.15) is 0 Å². The van der Waals surface area contributed by atoms with Crippen molar-refractivity contribution >= 4 is 40.5 Å². The number of amides is 2. The molecule has 144 valence electrons. The molecule has 0 unspecified atom stereocenters. The standard InChI is InChI=1S/C20H18FN3O3S/c1-2-24-19(26)17(28-20(24)23-15-9-7-14(21)8-10-15)11-13-5-3-4-6-16(13)27-12-18(22)25/h3-11H,2,12H2,1H3,(H2,22,25)/b17-11+,23-20?. The maximum atomic E-state index is 13.1. The number of rotatable bonds is 6. The molecule has 0 bridgehead atoms. The smallest absolute Gasteiger partial charge is 0.266 e. The van der Waals surface area contributed by atoms with E-state index in [1.807, 2.05) is 6.92 Å². The molecular formula is C20H18FN3O3S. The van der Waals surface area contributed by atoms with Gasteiger partial charge in [-0.15, -0.1) is 0 Å². The second kappa shape index (κ2) is 8.71. The van der Waals surface area contributed by atoms with E-state index in [0.29, 0.717) is 33.6 Å². The topological polar surface area (TPSA) is 85.0 Å². The third-order valence-corrected chi connectivity index (χ3v) is 4.84. The fourth-order valence-electron chi connectivity index (χ4n) is 2.52. The lowest BCUT2D eigenvalue weighted by Crippen LogP contribution is -2.28. The van der Waals surface area contributed by atoms with Crippen molar-refractivity contribution in [2.75, 3.05) is 13.2 Å². The van der Waals surface area contributed by atoms with Crippen LogP contribution in [0.3, 0.4) is 0 Å². The predicted molar refractivity (Wildman–Crippen MR) is 108 cm³/mol. The van der Waals surface area contributed by atoms with Gasteiger partial charge in [-0.1, -0.05) is 18.2 Å². The van der Waals surface area contributed by atoms with Crippen LogP contribution in [-0.2, 0) is 9.59 Å². The minimum absolute atomic E-state index is 0.182. The first kappa shape index (κ1) is 19.6. The second-order valence-corrected chi connectivity index (χ2v) is 6.83. The lowest BCUT2D eigenvalue weighted by molar-refractivity contribution is -0.122. The van der Waals surface area contributed by atoms with Crippen molar-refractivity contribution in [1.82, 2.24) is 4.90 Å². The van der Waals surface area contributed by atoms with Gasteiger partial charge in [-0.3, -0.25) is 14.5 Å². The average molecular weight is 399 g/mol. The fourth-order valence-corrected chi connectivity index (χ4v) is 3.57. The zero-order valence-corrected chi connectivity index (χ0v) is 15.9. The van der Waals surface area contributed by atoms with Gasteiger partial charge in [0.15, 0.2) is 11.8 Å². The number of primary amides is 1. The summed E-state index contributed by atoms with van der Waals surface area (Å²) >= 11 is 1.22. The van der Waals surface area contributed by atoms with Crippen LogP contribution in [0, 0.1) is 5.82 Å². The highest BCUT2D eigenvalue weighted by Crippen LogP contribution is 2.35. The Morgan fingerprint density at radius 2 is 1.96 bits per heavy atom. The van der Waals surface area contributed by atoms with Crippen LogP contribution < -0.4 is 10.5 Å². The Hall–Kier alpha value is -3.13. The third-order valence-electron chi connectivity index (χ3n) is 3.83. The number of hydrogen-bond acceptors (Lipinski definition) is 5.